The molecule has 192 valence electrons. The lowest BCUT2D eigenvalue weighted by molar-refractivity contribution is -0.116. The minimum absolute atomic E-state index is 0.00448. The van der Waals surface area contributed by atoms with E-state index in [1.807, 2.05) is 0 Å². The molecule has 4 aromatic rings. The van der Waals surface area contributed by atoms with Crippen LogP contribution in [0.3, 0.4) is 0 Å². The minimum Gasteiger partial charge on any atom is -0.497 e. The lowest BCUT2D eigenvalue weighted by Crippen LogP contribution is -2.28. The molecule has 2 aromatic heterocycles. The zero-order chi connectivity index (χ0) is 26.6. The summed E-state index contributed by atoms with van der Waals surface area (Å²) >= 11 is 0. The van der Waals surface area contributed by atoms with Gasteiger partial charge in [0.25, 0.3) is 5.56 Å². The molecule has 0 spiro atoms. The van der Waals surface area contributed by atoms with Crippen molar-refractivity contribution in [3.63, 3.8) is 0 Å². The number of ether oxygens (including phenoxy) is 1. The van der Waals surface area contributed by atoms with Crippen molar-refractivity contribution >= 4 is 34.1 Å². The fourth-order valence-electron chi connectivity index (χ4n) is 3.86. The largest absolute Gasteiger partial charge is 0.497 e. The zero-order valence-electron chi connectivity index (χ0n) is 20.0. The molecule has 1 amide bonds. The van der Waals surface area contributed by atoms with Gasteiger partial charge in [-0.2, -0.15) is 13.2 Å². The van der Waals surface area contributed by atoms with Gasteiger partial charge in [0.15, 0.2) is 5.65 Å². The Kier molecular flexibility index (Phi) is 7.32. The molecule has 2 heterocycles. The van der Waals surface area contributed by atoms with Gasteiger partial charge in [-0.15, -0.1) is 0 Å². The highest BCUT2D eigenvalue weighted by Gasteiger charge is 2.27. The Hall–Kier alpha value is -4.54. The molecule has 0 saturated carbocycles. The molecule has 0 aliphatic rings. The first-order valence-corrected chi connectivity index (χ1v) is 11.3. The molecule has 0 atom stereocenters. The molecule has 11 heteroatoms. The summed E-state index contributed by atoms with van der Waals surface area (Å²) in [6, 6.07) is 18.4. The number of hydrogen-bond donors (Lipinski definition) is 3. The van der Waals surface area contributed by atoms with E-state index in [-0.39, 0.29) is 23.6 Å². The van der Waals surface area contributed by atoms with Crippen LogP contribution in [0.25, 0.3) is 16.7 Å². The molecule has 0 unspecified atom stereocenters. The van der Waals surface area contributed by atoms with Crippen LogP contribution in [0.4, 0.5) is 30.4 Å². The fraction of sp³-hybridized carbons (Fsp3) is 0.192. The second kappa shape index (κ2) is 10.6. The summed E-state index contributed by atoms with van der Waals surface area (Å²) in [5.74, 6) is 0.180. The number of para-hydroxylation sites is 1. The minimum atomic E-state index is -4.44. The van der Waals surface area contributed by atoms with Crippen molar-refractivity contribution in [2.45, 2.75) is 12.6 Å². The molecule has 3 N–H and O–H groups in total. The van der Waals surface area contributed by atoms with E-state index in [9.17, 15) is 22.8 Å². The third kappa shape index (κ3) is 5.83. The van der Waals surface area contributed by atoms with Gasteiger partial charge in [-0.25, -0.2) is 4.98 Å². The molecule has 2 aromatic carbocycles. The van der Waals surface area contributed by atoms with Crippen LogP contribution < -0.4 is 26.2 Å². The number of pyridine rings is 2. The first-order valence-electron chi connectivity index (χ1n) is 11.3. The number of carbonyl (C=O) groups is 1. The van der Waals surface area contributed by atoms with Crippen molar-refractivity contribution < 1.29 is 22.7 Å². The van der Waals surface area contributed by atoms with Gasteiger partial charge in [-0.1, -0.05) is 30.3 Å². The van der Waals surface area contributed by atoms with Crippen LogP contribution in [0.2, 0.25) is 0 Å². The molecular formula is C26H24F3N5O3. The molecule has 0 radical (unpaired) electrons. The highest BCUT2D eigenvalue weighted by Crippen LogP contribution is 2.30. The van der Waals surface area contributed by atoms with E-state index in [1.54, 1.807) is 74.8 Å². The quantitative estimate of drug-likeness (QED) is 0.320. The third-order valence-electron chi connectivity index (χ3n) is 5.55. The van der Waals surface area contributed by atoms with Crippen LogP contribution in [0.1, 0.15) is 5.56 Å². The van der Waals surface area contributed by atoms with E-state index in [0.717, 1.165) is 5.56 Å². The average molecular weight is 512 g/mol. The number of halogens is 3. The van der Waals surface area contributed by atoms with Crippen molar-refractivity contribution in [1.82, 2.24) is 9.55 Å². The second-order valence-corrected chi connectivity index (χ2v) is 8.09. The molecule has 0 aliphatic heterocycles. The smallest absolute Gasteiger partial charge is 0.405 e. The predicted octanol–water partition coefficient (Wildman–Crippen LogP) is 4.59. The van der Waals surface area contributed by atoms with Crippen LogP contribution in [0.5, 0.6) is 5.75 Å². The number of carbonyl (C=O) groups excluding carboxylic acids is 1. The number of anilines is 3. The van der Waals surface area contributed by atoms with E-state index in [0.29, 0.717) is 22.5 Å². The maximum absolute atomic E-state index is 13.7. The number of methoxy groups -OCH3 is 1. The number of nitrogens with zero attached hydrogens (tertiary/aromatic N) is 2. The number of benzene rings is 2. The molecule has 0 saturated heterocycles. The molecular weight excluding hydrogens is 487 g/mol. The molecule has 0 bridgehead atoms. The summed E-state index contributed by atoms with van der Waals surface area (Å²) in [5, 5.41) is 8.32. The van der Waals surface area contributed by atoms with E-state index in [2.05, 4.69) is 20.9 Å². The van der Waals surface area contributed by atoms with Gasteiger partial charge in [0.1, 0.15) is 23.8 Å². The number of alkyl halides is 3. The summed E-state index contributed by atoms with van der Waals surface area (Å²) in [7, 11) is 3.12. The Morgan fingerprint density at radius 2 is 1.70 bits per heavy atom. The Bertz CT molecular complexity index is 1470. The van der Waals surface area contributed by atoms with E-state index in [1.165, 1.54) is 10.6 Å². The van der Waals surface area contributed by atoms with Gasteiger partial charge in [0.2, 0.25) is 5.91 Å². The maximum atomic E-state index is 13.7. The highest BCUT2D eigenvalue weighted by molar-refractivity contribution is 6.03. The fourth-order valence-corrected chi connectivity index (χ4v) is 3.86. The molecule has 37 heavy (non-hydrogen) atoms. The van der Waals surface area contributed by atoms with Gasteiger partial charge >= 0.3 is 6.18 Å². The zero-order valence-corrected chi connectivity index (χ0v) is 20.0. The summed E-state index contributed by atoms with van der Waals surface area (Å²) < 4.78 is 44.6. The van der Waals surface area contributed by atoms with Crippen LogP contribution in [0, 0.1) is 0 Å². The first kappa shape index (κ1) is 25.5. The Labute approximate surface area is 210 Å². The van der Waals surface area contributed by atoms with Crippen molar-refractivity contribution in [1.29, 1.82) is 0 Å². The Morgan fingerprint density at radius 1 is 1.00 bits per heavy atom. The number of nitrogens with one attached hydrogen (secondary N) is 3. The second-order valence-electron chi connectivity index (χ2n) is 8.09. The average Bonchev–Trinajstić information content (AvgIpc) is 2.88. The monoisotopic (exact) mass is 511 g/mol. The first-order chi connectivity index (χ1) is 17.7. The van der Waals surface area contributed by atoms with Gasteiger partial charge < -0.3 is 20.7 Å². The van der Waals surface area contributed by atoms with Crippen LogP contribution in [-0.2, 0) is 11.2 Å². The topological polar surface area (TPSA) is 97.3 Å². The summed E-state index contributed by atoms with van der Waals surface area (Å²) in [5.41, 5.74) is 0.981. The van der Waals surface area contributed by atoms with Gasteiger partial charge in [-0.05, 0) is 42.0 Å². The van der Waals surface area contributed by atoms with Gasteiger partial charge in [-0.3, -0.25) is 14.2 Å². The summed E-state index contributed by atoms with van der Waals surface area (Å²) in [4.78, 5) is 31.0. The molecule has 0 fully saturated rings. The molecule has 0 aliphatic carbocycles. The Morgan fingerprint density at radius 3 is 2.32 bits per heavy atom. The number of rotatable bonds is 8. The highest BCUT2D eigenvalue weighted by atomic mass is 19.4. The van der Waals surface area contributed by atoms with Gasteiger partial charge in [0, 0.05) is 12.4 Å². The van der Waals surface area contributed by atoms with Crippen LogP contribution in [-0.4, -0.2) is 42.3 Å². The SMILES string of the molecule is CNc1c(NC(=O)Cc2ccc(OC)cc2)c(=O)n(-c2ccccc2)c2nc(NCC(F)(F)F)ccc12. The van der Waals surface area contributed by atoms with Crippen LogP contribution in [0.15, 0.2) is 71.5 Å². The number of fused-ring (bicyclic) bond motifs is 1. The number of hydrogen-bond acceptors (Lipinski definition) is 6. The standard InChI is InChI=1S/C26H24F3N5O3/c1-30-22-19-12-13-20(31-15-26(27,28)29)32-24(19)34(17-6-4-3-5-7-17)25(36)23(22)33-21(35)14-16-8-10-18(37-2)11-9-16/h3-13,30H,14-15H2,1-2H3,(H,31,32)(H,33,35). The lowest BCUT2D eigenvalue weighted by atomic mass is 10.1. The van der Waals surface area contributed by atoms with Crippen LogP contribution >= 0.6 is 0 Å². The predicted molar refractivity (Wildman–Crippen MR) is 137 cm³/mol. The maximum Gasteiger partial charge on any atom is 0.405 e. The van der Waals surface area contributed by atoms with Crippen molar-refractivity contribution in [2.75, 3.05) is 36.7 Å². The summed E-state index contributed by atoms with van der Waals surface area (Å²) in [6.45, 7) is -1.28. The molecule has 4 rings (SSSR count). The Balaban J connectivity index is 1.80. The lowest BCUT2D eigenvalue weighted by Gasteiger charge is -2.19. The normalized spacial score (nSPS) is 11.3. The summed E-state index contributed by atoms with van der Waals surface area (Å²) in [6.07, 6.45) is -4.43. The number of aromatic nitrogens is 2. The van der Waals surface area contributed by atoms with E-state index in [4.69, 9.17) is 4.74 Å². The van der Waals surface area contributed by atoms with Crippen molar-refractivity contribution in [3.05, 3.63) is 82.6 Å². The molecule has 8 nitrogen and oxygen atoms in total. The van der Waals surface area contributed by atoms with E-state index < -0.39 is 24.2 Å². The third-order valence-corrected chi connectivity index (χ3v) is 5.55. The van der Waals surface area contributed by atoms with Crippen molar-refractivity contribution in [2.24, 2.45) is 0 Å². The number of amides is 1. The van der Waals surface area contributed by atoms with E-state index >= 15 is 0 Å². The van der Waals surface area contributed by atoms with Crippen molar-refractivity contribution in [3.8, 4) is 11.4 Å². The van der Waals surface area contributed by atoms with Gasteiger partial charge in [0.05, 0.1) is 24.9 Å².